The van der Waals surface area contributed by atoms with Gasteiger partial charge in [0.1, 0.15) is 5.82 Å². The minimum Gasteiger partial charge on any atom is -0.396 e. The van der Waals surface area contributed by atoms with E-state index in [-0.39, 0.29) is 6.61 Å². The van der Waals surface area contributed by atoms with Crippen LogP contribution in [0, 0.1) is 5.92 Å². The van der Waals surface area contributed by atoms with Crippen LogP contribution in [-0.4, -0.2) is 35.0 Å². The van der Waals surface area contributed by atoms with Gasteiger partial charge in [-0.05, 0) is 12.8 Å². The first kappa shape index (κ1) is 10.6. The van der Waals surface area contributed by atoms with E-state index in [0.29, 0.717) is 12.5 Å². The van der Waals surface area contributed by atoms with E-state index in [1.807, 2.05) is 6.20 Å². The molecule has 1 N–H and O–H groups in total. The van der Waals surface area contributed by atoms with E-state index in [9.17, 15) is 0 Å². The molecule has 2 heterocycles. The summed E-state index contributed by atoms with van der Waals surface area (Å²) in [7, 11) is 1.70. The molecule has 1 unspecified atom stereocenters. The lowest BCUT2D eigenvalue weighted by Crippen LogP contribution is -2.24. The van der Waals surface area contributed by atoms with Crippen molar-refractivity contribution in [2.75, 3.05) is 20.3 Å². The quantitative estimate of drug-likeness (QED) is 0.792. The molecule has 15 heavy (non-hydrogen) atoms. The number of nitrogens with zero attached hydrogens (tertiary/aromatic N) is 2. The van der Waals surface area contributed by atoms with Crippen molar-refractivity contribution in [1.82, 2.24) is 9.55 Å². The Kier molecular flexibility index (Phi) is 3.38. The summed E-state index contributed by atoms with van der Waals surface area (Å²) in [5, 5.41) is 9.16. The van der Waals surface area contributed by atoms with Crippen LogP contribution in [-0.2, 0) is 24.1 Å². The number of methoxy groups -OCH3 is 1. The van der Waals surface area contributed by atoms with Crippen LogP contribution in [0.25, 0.3) is 0 Å². The highest BCUT2D eigenvalue weighted by Crippen LogP contribution is 2.21. The van der Waals surface area contributed by atoms with Gasteiger partial charge in [-0.1, -0.05) is 0 Å². The molecule has 0 saturated heterocycles. The number of aliphatic hydroxyl groups excluding tert-OH is 1. The summed E-state index contributed by atoms with van der Waals surface area (Å²) in [4.78, 5) is 4.41. The molecule has 1 atom stereocenters. The average molecular weight is 210 g/mol. The number of aromatic nitrogens is 2. The summed E-state index contributed by atoms with van der Waals surface area (Å²) in [6.07, 6.45) is 4.92. The Morgan fingerprint density at radius 1 is 1.67 bits per heavy atom. The number of hydrogen-bond donors (Lipinski definition) is 1. The molecule has 4 heteroatoms. The summed E-state index contributed by atoms with van der Waals surface area (Å²) in [6.45, 7) is 1.90. The van der Waals surface area contributed by atoms with Crippen molar-refractivity contribution < 1.29 is 9.84 Å². The molecule has 0 radical (unpaired) electrons. The van der Waals surface area contributed by atoms with E-state index in [1.54, 1.807) is 7.11 Å². The topological polar surface area (TPSA) is 47.3 Å². The highest BCUT2D eigenvalue weighted by molar-refractivity contribution is 5.09. The highest BCUT2D eigenvalue weighted by Gasteiger charge is 2.20. The molecule has 1 aliphatic heterocycles. The van der Waals surface area contributed by atoms with Gasteiger partial charge in [0.2, 0.25) is 0 Å². The van der Waals surface area contributed by atoms with Gasteiger partial charge in [0, 0.05) is 44.5 Å². The Balaban J connectivity index is 2.10. The maximum absolute atomic E-state index is 9.16. The van der Waals surface area contributed by atoms with Gasteiger partial charge in [0.25, 0.3) is 0 Å². The lowest BCUT2D eigenvalue weighted by Gasteiger charge is -2.23. The number of ether oxygens (including phenoxy) is 1. The Labute approximate surface area is 89.9 Å². The zero-order chi connectivity index (χ0) is 10.7. The molecular formula is C11H18N2O2. The van der Waals surface area contributed by atoms with Crippen LogP contribution in [0.4, 0.5) is 0 Å². The molecule has 1 aliphatic rings. The van der Waals surface area contributed by atoms with E-state index in [0.717, 1.165) is 31.6 Å². The number of rotatable bonds is 4. The van der Waals surface area contributed by atoms with Crippen LogP contribution < -0.4 is 0 Å². The Bertz CT molecular complexity index is 322. The molecule has 4 nitrogen and oxygen atoms in total. The highest BCUT2D eigenvalue weighted by atomic mass is 16.5. The fourth-order valence-corrected chi connectivity index (χ4v) is 2.12. The van der Waals surface area contributed by atoms with E-state index in [4.69, 9.17) is 9.84 Å². The summed E-state index contributed by atoms with van der Waals surface area (Å²) in [5.74, 6) is 1.48. The zero-order valence-electron chi connectivity index (χ0n) is 9.15. The number of fused-ring (bicyclic) bond motifs is 1. The second-order valence-corrected chi connectivity index (χ2v) is 4.11. The van der Waals surface area contributed by atoms with Crippen molar-refractivity contribution in [2.24, 2.45) is 5.92 Å². The number of hydrogen-bond acceptors (Lipinski definition) is 3. The molecule has 0 fully saturated rings. The fraction of sp³-hybridized carbons (Fsp3) is 0.727. The Morgan fingerprint density at radius 3 is 3.27 bits per heavy atom. The largest absolute Gasteiger partial charge is 0.396 e. The molecule has 84 valence electrons. The summed E-state index contributed by atoms with van der Waals surface area (Å²) < 4.78 is 7.30. The van der Waals surface area contributed by atoms with Gasteiger partial charge in [-0.2, -0.15) is 0 Å². The minimum atomic E-state index is 0.279. The second-order valence-electron chi connectivity index (χ2n) is 4.11. The van der Waals surface area contributed by atoms with Crippen molar-refractivity contribution in [2.45, 2.75) is 25.8 Å². The van der Waals surface area contributed by atoms with Crippen LogP contribution >= 0.6 is 0 Å². The van der Waals surface area contributed by atoms with Gasteiger partial charge in [0.15, 0.2) is 0 Å². The van der Waals surface area contributed by atoms with Crippen molar-refractivity contribution in [3.63, 3.8) is 0 Å². The first-order chi connectivity index (χ1) is 7.35. The van der Waals surface area contributed by atoms with Gasteiger partial charge in [-0.3, -0.25) is 0 Å². The maximum atomic E-state index is 9.16. The van der Waals surface area contributed by atoms with Crippen LogP contribution in [0.1, 0.15) is 17.9 Å². The van der Waals surface area contributed by atoms with Gasteiger partial charge in [-0.15, -0.1) is 0 Å². The lowest BCUT2D eigenvalue weighted by atomic mass is 9.99. The third-order valence-electron chi connectivity index (χ3n) is 3.06. The van der Waals surface area contributed by atoms with E-state index in [1.165, 1.54) is 5.69 Å². The molecule has 2 rings (SSSR count). The summed E-state index contributed by atoms with van der Waals surface area (Å²) >= 11 is 0. The van der Waals surface area contributed by atoms with E-state index in [2.05, 4.69) is 9.55 Å². The number of aryl methyl sites for hydroxylation is 1. The van der Waals surface area contributed by atoms with E-state index >= 15 is 0 Å². The Hall–Kier alpha value is -0.870. The van der Waals surface area contributed by atoms with Gasteiger partial charge < -0.3 is 14.4 Å². The molecule has 0 saturated carbocycles. The fourth-order valence-electron chi connectivity index (χ4n) is 2.12. The second kappa shape index (κ2) is 4.77. The lowest BCUT2D eigenvalue weighted by molar-refractivity contribution is 0.184. The molecule has 0 aromatic carbocycles. The third-order valence-corrected chi connectivity index (χ3v) is 3.06. The molecule has 0 spiro atoms. The molecule has 1 aromatic heterocycles. The van der Waals surface area contributed by atoms with Crippen LogP contribution in [0.3, 0.4) is 0 Å². The molecular weight excluding hydrogens is 192 g/mol. The third kappa shape index (κ3) is 2.21. The van der Waals surface area contributed by atoms with Gasteiger partial charge in [-0.25, -0.2) is 4.98 Å². The maximum Gasteiger partial charge on any atom is 0.111 e. The van der Waals surface area contributed by atoms with Crippen LogP contribution in [0.2, 0.25) is 0 Å². The number of imidazole rings is 1. The molecule has 0 bridgehead atoms. The first-order valence-electron chi connectivity index (χ1n) is 5.48. The van der Waals surface area contributed by atoms with Gasteiger partial charge >= 0.3 is 0 Å². The first-order valence-corrected chi connectivity index (χ1v) is 5.48. The predicted molar refractivity (Wildman–Crippen MR) is 56.7 cm³/mol. The predicted octanol–water partition coefficient (Wildman–Crippen LogP) is 0.627. The van der Waals surface area contributed by atoms with Crippen molar-refractivity contribution in [3.8, 4) is 0 Å². The van der Waals surface area contributed by atoms with Crippen molar-refractivity contribution in [3.05, 3.63) is 17.7 Å². The summed E-state index contributed by atoms with van der Waals surface area (Å²) in [6, 6.07) is 0. The van der Waals surface area contributed by atoms with E-state index < -0.39 is 0 Å². The molecule has 0 aliphatic carbocycles. The molecule has 1 aromatic rings. The van der Waals surface area contributed by atoms with Gasteiger partial charge in [0.05, 0.1) is 6.61 Å². The summed E-state index contributed by atoms with van der Waals surface area (Å²) in [5.41, 5.74) is 1.30. The van der Waals surface area contributed by atoms with Crippen LogP contribution in [0.5, 0.6) is 0 Å². The smallest absolute Gasteiger partial charge is 0.111 e. The standard InChI is InChI=1S/C11H18N2O2/c1-15-5-4-11-12-6-10-3-2-9(8-14)7-13(10)11/h6,9,14H,2-5,7-8H2,1H3. The average Bonchev–Trinajstić information content (AvgIpc) is 2.68. The van der Waals surface area contributed by atoms with Crippen LogP contribution in [0.15, 0.2) is 6.20 Å². The molecule has 0 amide bonds. The van der Waals surface area contributed by atoms with Crippen molar-refractivity contribution in [1.29, 1.82) is 0 Å². The normalized spacial score (nSPS) is 20.3. The zero-order valence-corrected chi connectivity index (χ0v) is 9.15. The monoisotopic (exact) mass is 210 g/mol. The minimum absolute atomic E-state index is 0.279. The van der Waals surface area contributed by atoms with Crippen molar-refractivity contribution >= 4 is 0 Å². The SMILES string of the molecule is COCCc1ncc2n1CC(CO)CC2. The Morgan fingerprint density at radius 2 is 2.53 bits per heavy atom. The number of aliphatic hydroxyl groups is 1.